The van der Waals surface area contributed by atoms with E-state index in [0.29, 0.717) is 37.6 Å². The van der Waals surface area contributed by atoms with Gasteiger partial charge in [-0.05, 0) is 63.9 Å². The Balaban J connectivity index is 1.18. The number of nitrogens with one attached hydrogen (secondary N) is 1. The molecule has 7 nitrogen and oxygen atoms in total. The lowest BCUT2D eigenvalue weighted by Gasteiger charge is -2.34. The number of carbonyl (C=O) groups excluding carboxylic acids is 1. The number of aryl methyl sites for hydroxylation is 1. The van der Waals surface area contributed by atoms with Crippen molar-refractivity contribution in [1.82, 2.24) is 19.1 Å². The highest BCUT2D eigenvalue weighted by Gasteiger charge is 2.47. The standard InChI is InChI=1S/C27H39N5O2S/c1-30(2)18-19-31-15-11-23-21(9-6-10-24(23)31)12-20-35(34)32-16-13-27(14-17-32)26(33)28-25(29-27)22-7-4-3-5-8-22/h6,9-11,15,22H,3-5,7-8,12-14,16-20H2,1-2H3,(H,28,29,33). The molecule has 2 aliphatic heterocycles. The summed E-state index contributed by atoms with van der Waals surface area (Å²) in [7, 11) is 3.13. The molecule has 1 aromatic carbocycles. The fourth-order valence-electron chi connectivity index (χ4n) is 5.84. The van der Waals surface area contributed by atoms with Crippen molar-refractivity contribution < 1.29 is 9.00 Å². The lowest BCUT2D eigenvalue weighted by atomic mass is 9.88. The molecular formula is C27H39N5O2S. The number of hydrogen-bond donors (Lipinski definition) is 1. The van der Waals surface area contributed by atoms with Crippen LogP contribution >= 0.6 is 0 Å². The average Bonchev–Trinajstić information content (AvgIpc) is 3.43. The maximum Gasteiger partial charge on any atom is 0.253 e. The summed E-state index contributed by atoms with van der Waals surface area (Å²) in [4.78, 5) is 20.0. The highest BCUT2D eigenvalue weighted by molar-refractivity contribution is 7.82. The largest absolute Gasteiger partial charge is 0.346 e. The molecule has 5 rings (SSSR count). The molecule has 1 atom stereocenters. The summed E-state index contributed by atoms with van der Waals surface area (Å²) < 4.78 is 17.5. The van der Waals surface area contributed by atoms with E-state index in [0.717, 1.165) is 38.2 Å². The van der Waals surface area contributed by atoms with Gasteiger partial charge in [0.15, 0.2) is 0 Å². The average molecular weight is 498 g/mol. The molecule has 1 aromatic heterocycles. The van der Waals surface area contributed by atoms with Crippen molar-refractivity contribution in [3.8, 4) is 0 Å². The van der Waals surface area contributed by atoms with Crippen molar-refractivity contribution in [3.63, 3.8) is 0 Å². The Hall–Kier alpha value is -2.03. The first-order chi connectivity index (χ1) is 16.9. The van der Waals surface area contributed by atoms with Crippen LogP contribution in [0.3, 0.4) is 0 Å². The Labute approximate surface area is 211 Å². The van der Waals surface area contributed by atoms with Gasteiger partial charge in [-0.2, -0.15) is 0 Å². The number of aliphatic imine (C=N–C) groups is 1. The van der Waals surface area contributed by atoms with Crippen LogP contribution in [-0.2, 0) is 28.7 Å². The van der Waals surface area contributed by atoms with Crippen LogP contribution in [0, 0.1) is 5.92 Å². The smallest absolute Gasteiger partial charge is 0.253 e. The Morgan fingerprint density at radius 3 is 2.66 bits per heavy atom. The van der Waals surface area contributed by atoms with Crippen molar-refractivity contribution in [1.29, 1.82) is 0 Å². The first kappa shape index (κ1) is 24.7. The molecule has 1 saturated carbocycles. The van der Waals surface area contributed by atoms with E-state index >= 15 is 0 Å². The number of carbonyl (C=O) groups is 1. The highest BCUT2D eigenvalue weighted by atomic mass is 32.2. The number of nitrogens with zero attached hydrogens (tertiary/aromatic N) is 4. The van der Waals surface area contributed by atoms with Crippen LogP contribution in [0.15, 0.2) is 35.5 Å². The molecular weight excluding hydrogens is 458 g/mol. The minimum Gasteiger partial charge on any atom is -0.346 e. The topological polar surface area (TPSA) is 69.9 Å². The fraction of sp³-hybridized carbons (Fsp3) is 0.630. The molecule has 3 heterocycles. The van der Waals surface area contributed by atoms with Gasteiger partial charge in [0, 0.05) is 54.9 Å². The van der Waals surface area contributed by atoms with Gasteiger partial charge in [0.1, 0.15) is 11.4 Å². The third-order valence-corrected chi connectivity index (χ3v) is 9.56. The normalized spacial score (nSPS) is 22.1. The lowest BCUT2D eigenvalue weighted by molar-refractivity contribution is -0.124. The second-order valence-corrected chi connectivity index (χ2v) is 12.3. The Bertz CT molecular complexity index is 1110. The van der Waals surface area contributed by atoms with Gasteiger partial charge >= 0.3 is 0 Å². The van der Waals surface area contributed by atoms with Crippen molar-refractivity contribution in [2.75, 3.05) is 39.5 Å². The molecule has 1 unspecified atom stereocenters. The second-order valence-electron chi connectivity index (χ2n) is 10.7. The van der Waals surface area contributed by atoms with E-state index in [2.05, 4.69) is 63.6 Å². The summed E-state index contributed by atoms with van der Waals surface area (Å²) in [5.41, 5.74) is 1.87. The number of hydrogen-bond acceptors (Lipinski definition) is 4. The molecule has 1 saturated heterocycles. The molecule has 0 radical (unpaired) electrons. The summed E-state index contributed by atoms with van der Waals surface area (Å²) in [6.45, 7) is 3.28. The molecule has 1 amide bonds. The zero-order valence-corrected chi connectivity index (χ0v) is 22.0. The molecule has 190 valence electrons. The quantitative estimate of drug-likeness (QED) is 0.608. The minimum absolute atomic E-state index is 0.0639. The van der Waals surface area contributed by atoms with E-state index in [4.69, 9.17) is 4.99 Å². The van der Waals surface area contributed by atoms with Crippen molar-refractivity contribution in [2.45, 2.75) is 63.5 Å². The van der Waals surface area contributed by atoms with Crippen molar-refractivity contribution in [2.24, 2.45) is 10.9 Å². The van der Waals surface area contributed by atoms with Crippen molar-refractivity contribution >= 4 is 33.6 Å². The fourth-order valence-corrected chi connectivity index (χ4v) is 7.09. The molecule has 1 spiro atoms. The van der Waals surface area contributed by atoms with Crippen LogP contribution in [0.25, 0.3) is 10.9 Å². The molecule has 3 aliphatic rings. The van der Waals surface area contributed by atoms with E-state index in [9.17, 15) is 9.00 Å². The van der Waals surface area contributed by atoms with Gasteiger partial charge < -0.3 is 14.8 Å². The number of amidine groups is 1. The zero-order chi connectivity index (χ0) is 24.4. The third kappa shape index (κ3) is 5.25. The SMILES string of the molecule is CN(C)CCn1ccc2c(CCS(=O)N3CCC4(CC3)N=C(C3CCCCC3)NC4=O)cccc21. The first-order valence-electron chi connectivity index (χ1n) is 13.2. The maximum absolute atomic E-state index is 13.2. The van der Waals surface area contributed by atoms with E-state index in [1.54, 1.807) is 0 Å². The molecule has 8 heteroatoms. The van der Waals surface area contributed by atoms with Crippen LogP contribution in [0.2, 0.25) is 0 Å². The number of piperidine rings is 1. The molecule has 2 aromatic rings. The second kappa shape index (κ2) is 10.5. The third-order valence-electron chi connectivity index (χ3n) is 8.07. The first-order valence-corrected chi connectivity index (χ1v) is 14.5. The van der Waals surface area contributed by atoms with Gasteiger partial charge in [-0.1, -0.05) is 31.4 Å². The number of aromatic nitrogens is 1. The van der Waals surface area contributed by atoms with Crippen LogP contribution < -0.4 is 5.32 Å². The van der Waals surface area contributed by atoms with Crippen LogP contribution in [-0.4, -0.2) is 74.7 Å². The predicted molar refractivity (Wildman–Crippen MR) is 143 cm³/mol. The monoisotopic (exact) mass is 497 g/mol. The number of rotatable bonds is 8. The number of benzene rings is 1. The van der Waals surface area contributed by atoms with E-state index < -0.39 is 16.5 Å². The molecule has 2 fully saturated rings. The van der Waals surface area contributed by atoms with Crippen molar-refractivity contribution in [3.05, 3.63) is 36.0 Å². The Kier molecular flexibility index (Phi) is 7.42. The zero-order valence-electron chi connectivity index (χ0n) is 21.2. The van der Waals surface area contributed by atoms with E-state index in [-0.39, 0.29) is 5.91 Å². The molecule has 1 N–H and O–H groups in total. The van der Waals surface area contributed by atoms with Crippen LogP contribution in [0.5, 0.6) is 0 Å². The van der Waals surface area contributed by atoms with E-state index in [1.165, 1.54) is 35.7 Å². The molecule has 1 aliphatic carbocycles. The summed E-state index contributed by atoms with van der Waals surface area (Å²) >= 11 is 0. The number of likely N-dealkylation sites (N-methyl/N-ethyl adjacent to an activating group) is 1. The van der Waals surface area contributed by atoms with Gasteiger partial charge in [0.25, 0.3) is 5.91 Å². The summed E-state index contributed by atoms with van der Waals surface area (Å²) in [5.74, 6) is 2.01. The highest BCUT2D eigenvalue weighted by Crippen LogP contribution is 2.34. The van der Waals surface area contributed by atoms with Gasteiger partial charge in [-0.15, -0.1) is 0 Å². The van der Waals surface area contributed by atoms with Gasteiger partial charge in [-0.3, -0.25) is 9.79 Å². The Morgan fingerprint density at radius 1 is 1.14 bits per heavy atom. The van der Waals surface area contributed by atoms with Gasteiger partial charge in [0.05, 0.1) is 11.0 Å². The van der Waals surface area contributed by atoms with E-state index in [1.807, 2.05) is 0 Å². The van der Waals surface area contributed by atoms with Gasteiger partial charge in [-0.25, -0.2) is 8.51 Å². The Morgan fingerprint density at radius 2 is 1.91 bits per heavy atom. The number of fused-ring (bicyclic) bond motifs is 1. The predicted octanol–water partition coefficient (Wildman–Crippen LogP) is 3.35. The minimum atomic E-state index is -1.05. The summed E-state index contributed by atoms with van der Waals surface area (Å²) in [6.07, 6.45) is 10.3. The van der Waals surface area contributed by atoms with Crippen LogP contribution in [0.1, 0.15) is 50.5 Å². The maximum atomic E-state index is 13.2. The van der Waals surface area contributed by atoms with Crippen LogP contribution in [0.4, 0.5) is 0 Å². The molecule has 35 heavy (non-hydrogen) atoms. The lowest BCUT2D eigenvalue weighted by Crippen LogP contribution is -2.49. The molecule has 0 bridgehead atoms. The van der Waals surface area contributed by atoms with Gasteiger partial charge in [0.2, 0.25) is 0 Å². The summed E-state index contributed by atoms with van der Waals surface area (Å²) in [5, 5.41) is 4.38. The summed E-state index contributed by atoms with van der Waals surface area (Å²) in [6, 6.07) is 8.63. The number of amides is 1.